The second-order valence-corrected chi connectivity index (χ2v) is 6.11. The second-order valence-electron chi connectivity index (χ2n) is 5.25. The zero-order valence-corrected chi connectivity index (χ0v) is 14.2. The van der Waals surface area contributed by atoms with Crippen molar-refractivity contribution < 1.29 is 18.7 Å². The normalized spacial score (nSPS) is 10.8. The Labute approximate surface area is 141 Å². The Morgan fingerprint density at radius 2 is 2.12 bits per heavy atom. The lowest BCUT2D eigenvalue weighted by Gasteiger charge is -2.08. The zero-order valence-electron chi connectivity index (χ0n) is 13.4. The Hall–Kier alpha value is -2.67. The minimum absolute atomic E-state index is 0.136. The van der Waals surface area contributed by atoms with Crippen LogP contribution in [-0.2, 0) is 9.53 Å². The van der Waals surface area contributed by atoms with Gasteiger partial charge in [0.25, 0.3) is 0 Å². The molecule has 2 heterocycles. The average Bonchev–Trinajstić information content (AvgIpc) is 2.98. The van der Waals surface area contributed by atoms with Gasteiger partial charge in [0.05, 0.1) is 18.1 Å². The lowest BCUT2D eigenvalue weighted by Crippen LogP contribution is -2.13. The maximum Gasteiger partial charge on any atom is 0.343 e. The van der Waals surface area contributed by atoms with Crippen LogP contribution in [0.15, 0.2) is 33.0 Å². The van der Waals surface area contributed by atoms with Crippen LogP contribution in [0.25, 0.3) is 21.5 Å². The molecule has 0 N–H and O–H groups in total. The maximum absolute atomic E-state index is 12.8. The SMILES string of the molecule is COC(=O)COc1cc(C)c2c(=O)c(-c3nc(C)cs3)coc2c1. The van der Waals surface area contributed by atoms with Crippen molar-refractivity contribution in [3.63, 3.8) is 0 Å². The Bertz CT molecular complexity index is 973. The highest BCUT2D eigenvalue weighted by Crippen LogP contribution is 2.27. The van der Waals surface area contributed by atoms with E-state index in [9.17, 15) is 9.59 Å². The van der Waals surface area contributed by atoms with Crippen molar-refractivity contribution in [1.29, 1.82) is 0 Å². The predicted octanol–water partition coefficient (Wildman–Crippen LogP) is 3.09. The zero-order chi connectivity index (χ0) is 17.3. The summed E-state index contributed by atoms with van der Waals surface area (Å²) in [5, 5.41) is 3.00. The molecule has 0 saturated heterocycles. The van der Waals surface area contributed by atoms with E-state index in [1.807, 2.05) is 12.3 Å². The maximum atomic E-state index is 12.8. The van der Waals surface area contributed by atoms with Gasteiger partial charge in [0.15, 0.2) is 6.61 Å². The fourth-order valence-corrected chi connectivity index (χ4v) is 3.13. The number of thiazole rings is 1. The number of ether oxygens (including phenoxy) is 2. The highest BCUT2D eigenvalue weighted by molar-refractivity contribution is 7.13. The van der Waals surface area contributed by atoms with Gasteiger partial charge < -0.3 is 13.9 Å². The highest BCUT2D eigenvalue weighted by atomic mass is 32.1. The van der Waals surface area contributed by atoms with E-state index in [1.54, 1.807) is 19.1 Å². The van der Waals surface area contributed by atoms with Crippen molar-refractivity contribution in [2.24, 2.45) is 0 Å². The molecule has 0 bridgehead atoms. The summed E-state index contributed by atoms with van der Waals surface area (Å²) < 4.78 is 15.5. The minimum atomic E-state index is -0.483. The Morgan fingerprint density at radius 3 is 2.79 bits per heavy atom. The molecule has 0 aliphatic carbocycles. The number of rotatable bonds is 4. The number of carbonyl (C=O) groups is 1. The first-order valence-corrected chi connectivity index (χ1v) is 8.06. The van der Waals surface area contributed by atoms with Crippen molar-refractivity contribution in [1.82, 2.24) is 4.98 Å². The molecule has 124 valence electrons. The molecule has 0 aliphatic rings. The molecule has 0 fully saturated rings. The summed E-state index contributed by atoms with van der Waals surface area (Å²) in [7, 11) is 1.29. The monoisotopic (exact) mass is 345 g/mol. The van der Waals surface area contributed by atoms with Gasteiger partial charge in [0.2, 0.25) is 5.43 Å². The van der Waals surface area contributed by atoms with Crippen LogP contribution in [0.1, 0.15) is 11.3 Å². The van der Waals surface area contributed by atoms with E-state index in [-0.39, 0.29) is 12.0 Å². The van der Waals surface area contributed by atoms with Gasteiger partial charge in [0.1, 0.15) is 22.6 Å². The molecule has 7 heteroatoms. The number of hydrogen-bond acceptors (Lipinski definition) is 7. The molecule has 0 spiro atoms. The van der Waals surface area contributed by atoms with Crippen LogP contribution in [0.5, 0.6) is 5.75 Å². The number of benzene rings is 1. The van der Waals surface area contributed by atoms with Crippen LogP contribution >= 0.6 is 11.3 Å². The molecule has 24 heavy (non-hydrogen) atoms. The summed E-state index contributed by atoms with van der Waals surface area (Å²) in [6.07, 6.45) is 1.41. The molecule has 0 aliphatic heterocycles. The minimum Gasteiger partial charge on any atom is -0.482 e. The van der Waals surface area contributed by atoms with Gasteiger partial charge in [-0.05, 0) is 25.5 Å². The van der Waals surface area contributed by atoms with E-state index >= 15 is 0 Å². The van der Waals surface area contributed by atoms with Crippen LogP contribution in [0, 0.1) is 13.8 Å². The summed E-state index contributed by atoms with van der Waals surface area (Å²) in [4.78, 5) is 28.3. The molecular formula is C17H15NO5S. The number of hydrogen-bond donors (Lipinski definition) is 0. The molecule has 0 radical (unpaired) electrons. The summed E-state index contributed by atoms with van der Waals surface area (Å²) in [6, 6.07) is 3.28. The standard InChI is InChI=1S/C17H15NO5S/c1-9-4-11(22-7-14(19)21-3)5-13-15(9)16(20)12(6-23-13)17-18-10(2)8-24-17/h4-6,8H,7H2,1-3H3. The largest absolute Gasteiger partial charge is 0.482 e. The Kier molecular flexibility index (Phi) is 4.35. The van der Waals surface area contributed by atoms with Crippen LogP contribution in [0.4, 0.5) is 0 Å². The van der Waals surface area contributed by atoms with E-state index in [0.717, 1.165) is 5.69 Å². The lowest BCUT2D eigenvalue weighted by molar-refractivity contribution is -0.142. The molecule has 3 rings (SSSR count). The number of carbonyl (C=O) groups excluding carboxylic acids is 1. The first-order valence-electron chi connectivity index (χ1n) is 7.18. The van der Waals surface area contributed by atoms with E-state index in [2.05, 4.69) is 9.72 Å². The van der Waals surface area contributed by atoms with E-state index in [0.29, 0.717) is 32.9 Å². The number of aryl methyl sites for hydroxylation is 2. The van der Waals surface area contributed by atoms with Gasteiger partial charge in [-0.25, -0.2) is 9.78 Å². The van der Waals surface area contributed by atoms with Crippen molar-refractivity contribution in [3.05, 3.63) is 45.3 Å². The quantitative estimate of drug-likeness (QED) is 0.676. The van der Waals surface area contributed by atoms with Crippen LogP contribution in [0.3, 0.4) is 0 Å². The van der Waals surface area contributed by atoms with Gasteiger partial charge in [0, 0.05) is 17.1 Å². The molecule has 1 aromatic carbocycles. The number of methoxy groups -OCH3 is 1. The fraction of sp³-hybridized carbons (Fsp3) is 0.235. The number of esters is 1. The summed E-state index contributed by atoms with van der Waals surface area (Å²) in [5.41, 5.74) is 2.26. The molecule has 3 aromatic rings. The smallest absolute Gasteiger partial charge is 0.343 e. The van der Waals surface area contributed by atoms with Crippen molar-refractivity contribution >= 4 is 28.3 Å². The molecular weight excluding hydrogens is 330 g/mol. The Balaban J connectivity index is 2.05. The third-order valence-electron chi connectivity index (χ3n) is 3.48. The highest BCUT2D eigenvalue weighted by Gasteiger charge is 2.15. The average molecular weight is 345 g/mol. The van der Waals surface area contributed by atoms with Crippen molar-refractivity contribution in [3.8, 4) is 16.3 Å². The van der Waals surface area contributed by atoms with Crippen LogP contribution in [0.2, 0.25) is 0 Å². The molecule has 6 nitrogen and oxygen atoms in total. The number of aromatic nitrogens is 1. The molecule has 0 amide bonds. The lowest BCUT2D eigenvalue weighted by atomic mass is 10.1. The van der Waals surface area contributed by atoms with Gasteiger partial charge in [-0.3, -0.25) is 4.79 Å². The van der Waals surface area contributed by atoms with Crippen LogP contribution in [-0.4, -0.2) is 24.7 Å². The fourth-order valence-electron chi connectivity index (χ4n) is 2.33. The molecule has 0 unspecified atom stereocenters. The van der Waals surface area contributed by atoms with E-state index in [4.69, 9.17) is 9.15 Å². The topological polar surface area (TPSA) is 78.6 Å². The third-order valence-corrected chi connectivity index (χ3v) is 4.48. The van der Waals surface area contributed by atoms with Gasteiger partial charge in [-0.15, -0.1) is 11.3 Å². The van der Waals surface area contributed by atoms with Gasteiger partial charge >= 0.3 is 5.97 Å². The number of nitrogens with zero attached hydrogens (tertiary/aromatic N) is 1. The van der Waals surface area contributed by atoms with Crippen molar-refractivity contribution in [2.75, 3.05) is 13.7 Å². The Morgan fingerprint density at radius 1 is 1.33 bits per heavy atom. The van der Waals surface area contributed by atoms with Crippen LogP contribution < -0.4 is 10.2 Å². The summed E-state index contributed by atoms with van der Waals surface area (Å²) >= 11 is 1.40. The van der Waals surface area contributed by atoms with E-state index in [1.165, 1.54) is 24.7 Å². The second kappa shape index (κ2) is 6.45. The molecule has 0 atom stereocenters. The third kappa shape index (κ3) is 3.03. The number of fused-ring (bicyclic) bond motifs is 1. The molecule has 0 saturated carbocycles. The predicted molar refractivity (Wildman–Crippen MR) is 90.6 cm³/mol. The first-order chi connectivity index (χ1) is 11.5. The first kappa shape index (κ1) is 16.2. The molecule has 2 aromatic heterocycles. The van der Waals surface area contributed by atoms with Crippen molar-refractivity contribution in [2.45, 2.75) is 13.8 Å². The van der Waals surface area contributed by atoms with Gasteiger partial charge in [-0.2, -0.15) is 0 Å². The summed E-state index contributed by atoms with van der Waals surface area (Å²) in [5.74, 6) is -0.0462. The van der Waals surface area contributed by atoms with Gasteiger partial charge in [-0.1, -0.05) is 0 Å². The summed E-state index contributed by atoms with van der Waals surface area (Å²) in [6.45, 7) is 3.46. The van der Waals surface area contributed by atoms with E-state index < -0.39 is 5.97 Å².